The van der Waals surface area contributed by atoms with Crippen molar-refractivity contribution in [1.82, 2.24) is 4.90 Å². The van der Waals surface area contributed by atoms with Crippen LogP contribution >= 0.6 is 15.9 Å². The van der Waals surface area contributed by atoms with Gasteiger partial charge in [-0.1, -0.05) is 40.2 Å². The zero-order valence-electron chi connectivity index (χ0n) is 15.4. The SMILES string of the molecule is COC(=O)C1CC(Oc2ccccc2F)CN1C(=O)CCc1ccc(Br)cc1. The molecule has 1 amide bonds. The van der Waals surface area contributed by atoms with Crippen molar-refractivity contribution in [2.24, 2.45) is 0 Å². The summed E-state index contributed by atoms with van der Waals surface area (Å²) in [6.45, 7) is 0.216. The Morgan fingerprint density at radius 2 is 1.89 bits per heavy atom. The first-order valence-corrected chi connectivity index (χ1v) is 9.80. The quantitative estimate of drug-likeness (QED) is 0.630. The molecule has 2 unspecified atom stereocenters. The molecule has 0 saturated carbocycles. The maximum Gasteiger partial charge on any atom is 0.328 e. The molecule has 2 atom stereocenters. The van der Waals surface area contributed by atoms with Crippen LogP contribution in [0, 0.1) is 5.82 Å². The van der Waals surface area contributed by atoms with Crippen LogP contribution in [-0.2, 0) is 20.7 Å². The first-order chi connectivity index (χ1) is 13.5. The molecule has 1 fully saturated rings. The van der Waals surface area contributed by atoms with Gasteiger partial charge in [0.05, 0.1) is 13.7 Å². The molecule has 0 aromatic heterocycles. The summed E-state index contributed by atoms with van der Waals surface area (Å²) in [4.78, 5) is 26.4. The van der Waals surface area contributed by atoms with E-state index in [-0.39, 0.29) is 31.0 Å². The highest BCUT2D eigenvalue weighted by Crippen LogP contribution is 2.26. The Bertz CT molecular complexity index is 843. The normalized spacial score (nSPS) is 18.8. The molecule has 2 aromatic carbocycles. The largest absolute Gasteiger partial charge is 0.485 e. The third-order valence-corrected chi connectivity index (χ3v) is 5.26. The second-order valence-electron chi connectivity index (χ2n) is 6.62. The summed E-state index contributed by atoms with van der Waals surface area (Å²) in [5.41, 5.74) is 1.03. The van der Waals surface area contributed by atoms with E-state index in [1.54, 1.807) is 12.1 Å². The molecular weight excluding hydrogens is 429 g/mol. The maximum absolute atomic E-state index is 13.9. The van der Waals surface area contributed by atoms with Gasteiger partial charge < -0.3 is 14.4 Å². The fourth-order valence-corrected chi connectivity index (χ4v) is 3.55. The van der Waals surface area contributed by atoms with E-state index in [4.69, 9.17) is 9.47 Å². The Balaban J connectivity index is 1.66. The molecule has 5 nitrogen and oxygen atoms in total. The highest BCUT2D eigenvalue weighted by molar-refractivity contribution is 9.10. The van der Waals surface area contributed by atoms with E-state index < -0.39 is 23.9 Å². The lowest BCUT2D eigenvalue weighted by atomic mass is 10.1. The Morgan fingerprint density at radius 1 is 1.18 bits per heavy atom. The van der Waals surface area contributed by atoms with Gasteiger partial charge in [0.15, 0.2) is 11.6 Å². The number of hydrogen-bond acceptors (Lipinski definition) is 4. The van der Waals surface area contributed by atoms with E-state index >= 15 is 0 Å². The predicted molar refractivity (Wildman–Crippen MR) is 105 cm³/mol. The topological polar surface area (TPSA) is 55.8 Å². The van der Waals surface area contributed by atoms with Gasteiger partial charge in [-0.3, -0.25) is 4.79 Å². The molecule has 2 aromatic rings. The van der Waals surface area contributed by atoms with Crippen LogP contribution in [0.1, 0.15) is 18.4 Å². The molecular formula is C21H21BrFNO4. The monoisotopic (exact) mass is 449 g/mol. The standard InChI is InChI=1S/C21H21BrFNO4/c1-27-21(26)18-12-16(28-19-5-3-2-4-17(19)23)13-24(18)20(25)11-8-14-6-9-15(22)10-7-14/h2-7,9-10,16,18H,8,11-13H2,1H3. The zero-order valence-corrected chi connectivity index (χ0v) is 17.0. The summed E-state index contributed by atoms with van der Waals surface area (Å²) < 4.78 is 25.4. The van der Waals surface area contributed by atoms with Crippen LogP contribution in [0.3, 0.4) is 0 Å². The molecule has 1 aliphatic heterocycles. The molecule has 0 N–H and O–H groups in total. The minimum atomic E-state index is -0.723. The van der Waals surface area contributed by atoms with Crippen molar-refractivity contribution < 1.29 is 23.5 Å². The lowest BCUT2D eigenvalue weighted by molar-refractivity contribution is -0.150. The Labute approximate surface area is 171 Å². The maximum atomic E-state index is 13.9. The van der Waals surface area contributed by atoms with Crippen molar-refractivity contribution in [2.75, 3.05) is 13.7 Å². The van der Waals surface area contributed by atoms with Crippen molar-refractivity contribution in [3.8, 4) is 5.75 Å². The third-order valence-electron chi connectivity index (χ3n) is 4.73. The number of esters is 1. The minimum absolute atomic E-state index is 0.111. The zero-order chi connectivity index (χ0) is 20.1. The summed E-state index contributed by atoms with van der Waals surface area (Å²) in [6, 6.07) is 13.1. The number of halogens is 2. The van der Waals surface area contributed by atoms with Crippen molar-refractivity contribution in [1.29, 1.82) is 0 Å². The highest BCUT2D eigenvalue weighted by atomic mass is 79.9. The van der Waals surface area contributed by atoms with E-state index in [0.29, 0.717) is 6.42 Å². The fourth-order valence-electron chi connectivity index (χ4n) is 3.28. The summed E-state index contributed by atoms with van der Waals surface area (Å²) in [5.74, 6) is -1.01. The number of para-hydroxylation sites is 1. The number of benzene rings is 2. The number of nitrogens with zero attached hydrogens (tertiary/aromatic N) is 1. The number of hydrogen-bond donors (Lipinski definition) is 0. The van der Waals surface area contributed by atoms with E-state index in [1.165, 1.54) is 24.1 Å². The first-order valence-electron chi connectivity index (χ1n) is 9.01. The van der Waals surface area contributed by atoms with Gasteiger partial charge in [-0.2, -0.15) is 0 Å². The van der Waals surface area contributed by atoms with E-state index in [0.717, 1.165) is 10.0 Å². The molecule has 0 spiro atoms. The molecule has 0 bridgehead atoms. The van der Waals surface area contributed by atoms with Gasteiger partial charge in [0.1, 0.15) is 12.1 Å². The molecule has 148 valence electrons. The summed E-state index contributed by atoms with van der Waals surface area (Å²) in [7, 11) is 1.29. The summed E-state index contributed by atoms with van der Waals surface area (Å²) in [5, 5.41) is 0. The van der Waals surface area contributed by atoms with Crippen molar-refractivity contribution in [2.45, 2.75) is 31.4 Å². The van der Waals surface area contributed by atoms with Gasteiger partial charge in [-0.05, 0) is 36.2 Å². The van der Waals surface area contributed by atoms with Gasteiger partial charge in [0.25, 0.3) is 0 Å². The number of carbonyl (C=O) groups excluding carboxylic acids is 2. The Morgan fingerprint density at radius 3 is 2.57 bits per heavy atom. The molecule has 1 saturated heterocycles. The summed E-state index contributed by atoms with van der Waals surface area (Å²) in [6.07, 6.45) is 0.625. The molecule has 1 aliphatic rings. The second-order valence-corrected chi connectivity index (χ2v) is 7.53. The van der Waals surface area contributed by atoms with Gasteiger partial charge in [0, 0.05) is 17.3 Å². The third kappa shape index (κ3) is 4.90. The Kier molecular flexibility index (Phi) is 6.67. The lowest BCUT2D eigenvalue weighted by Crippen LogP contribution is -2.41. The second kappa shape index (κ2) is 9.19. The number of ether oxygens (including phenoxy) is 2. The minimum Gasteiger partial charge on any atom is -0.485 e. The number of methoxy groups -OCH3 is 1. The molecule has 28 heavy (non-hydrogen) atoms. The van der Waals surface area contributed by atoms with Crippen LogP contribution in [0.5, 0.6) is 5.75 Å². The molecule has 0 aliphatic carbocycles. The van der Waals surface area contributed by atoms with Crippen LogP contribution < -0.4 is 4.74 Å². The predicted octanol–water partition coefficient (Wildman–Crippen LogP) is 3.74. The number of aryl methyl sites for hydroxylation is 1. The van der Waals surface area contributed by atoms with Gasteiger partial charge in [0.2, 0.25) is 5.91 Å². The number of likely N-dealkylation sites (tertiary alicyclic amines) is 1. The smallest absolute Gasteiger partial charge is 0.328 e. The highest BCUT2D eigenvalue weighted by Gasteiger charge is 2.41. The van der Waals surface area contributed by atoms with E-state index in [2.05, 4.69) is 15.9 Å². The average Bonchev–Trinajstić information content (AvgIpc) is 3.12. The van der Waals surface area contributed by atoms with Crippen LogP contribution in [0.25, 0.3) is 0 Å². The van der Waals surface area contributed by atoms with E-state index in [1.807, 2.05) is 24.3 Å². The van der Waals surface area contributed by atoms with Crippen molar-refractivity contribution in [3.63, 3.8) is 0 Å². The molecule has 1 heterocycles. The molecule has 0 radical (unpaired) electrons. The fraction of sp³-hybridized carbons (Fsp3) is 0.333. The number of rotatable bonds is 6. The van der Waals surface area contributed by atoms with Crippen LogP contribution in [0.15, 0.2) is 53.0 Å². The van der Waals surface area contributed by atoms with Crippen LogP contribution in [0.2, 0.25) is 0 Å². The first kappa shape index (κ1) is 20.3. The summed E-state index contributed by atoms with van der Waals surface area (Å²) >= 11 is 3.38. The average molecular weight is 450 g/mol. The van der Waals surface area contributed by atoms with Gasteiger partial charge in [-0.25, -0.2) is 9.18 Å². The van der Waals surface area contributed by atoms with E-state index in [9.17, 15) is 14.0 Å². The number of amides is 1. The Hall–Kier alpha value is -2.41. The van der Waals surface area contributed by atoms with Crippen LogP contribution in [0.4, 0.5) is 4.39 Å². The van der Waals surface area contributed by atoms with Crippen molar-refractivity contribution in [3.05, 3.63) is 64.4 Å². The van der Waals surface area contributed by atoms with Gasteiger partial charge >= 0.3 is 5.97 Å². The molecule has 3 rings (SSSR count). The van der Waals surface area contributed by atoms with Gasteiger partial charge in [-0.15, -0.1) is 0 Å². The van der Waals surface area contributed by atoms with Crippen LogP contribution in [-0.4, -0.2) is 42.6 Å². The lowest BCUT2D eigenvalue weighted by Gasteiger charge is -2.22. The van der Waals surface area contributed by atoms with Crippen molar-refractivity contribution >= 4 is 27.8 Å². The molecule has 7 heteroatoms. The number of carbonyl (C=O) groups is 2.